The van der Waals surface area contributed by atoms with E-state index in [2.05, 4.69) is 20.3 Å². The van der Waals surface area contributed by atoms with Crippen LogP contribution in [0.5, 0.6) is 0 Å². The molecule has 0 saturated carbocycles. The molecule has 0 spiro atoms. The first-order chi connectivity index (χ1) is 16.8. The van der Waals surface area contributed by atoms with Crippen LogP contribution in [-0.2, 0) is 27.9 Å². The van der Waals surface area contributed by atoms with Gasteiger partial charge in [-0.15, -0.1) is 0 Å². The van der Waals surface area contributed by atoms with Crippen LogP contribution < -0.4 is 10.9 Å². The summed E-state index contributed by atoms with van der Waals surface area (Å²) in [6, 6.07) is 0. The summed E-state index contributed by atoms with van der Waals surface area (Å²) >= 11 is 0. The van der Waals surface area contributed by atoms with Gasteiger partial charge in [0.15, 0.2) is 17.4 Å². The predicted octanol–water partition coefficient (Wildman–Crippen LogP) is 1.35. The number of aromatic nitrogens is 4. The Morgan fingerprint density at radius 1 is 1.25 bits per heavy atom. The minimum atomic E-state index is -3.69. The molecule has 4 atom stereocenters. The number of H-pyrrole nitrogens is 1. The van der Waals surface area contributed by atoms with E-state index in [-0.39, 0.29) is 28.9 Å². The van der Waals surface area contributed by atoms with Crippen molar-refractivity contribution in [3.05, 3.63) is 16.7 Å². The Bertz CT molecular complexity index is 1150. The monoisotopic (exact) mass is 531 g/mol. The Morgan fingerprint density at radius 3 is 2.44 bits per heavy atom. The number of amides is 1. The zero-order chi connectivity index (χ0) is 26.8. The molecule has 3 heterocycles. The third-order valence-electron chi connectivity index (χ3n) is 5.13. The van der Waals surface area contributed by atoms with E-state index in [1.807, 2.05) is 0 Å². The van der Waals surface area contributed by atoms with Crippen LogP contribution in [0.1, 0.15) is 47.8 Å². The normalized spacial score (nSPS) is 22.9. The van der Waals surface area contributed by atoms with Crippen LogP contribution in [0.15, 0.2) is 11.1 Å². The lowest BCUT2D eigenvalue weighted by atomic mass is 10.1. The zero-order valence-electron chi connectivity index (χ0n) is 21.1. The molecule has 4 N–H and O–H groups in total. The molecule has 3 rings (SSSR count). The summed E-state index contributed by atoms with van der Waals surface area (Å²) in [5.74, 6) is -0.801. The number of aliphatic hydroxyl groups excluding tert-OH is 2. The average molecular weight is 532 g/mol. The smallest absolute Gasteiger partial charge is 0.356 e. The first kappa shape index (κ1) is 28.4. The van der Waals surface area contributed by atoms with Crippen molar-refractivity contribution in [3.8, 4) is 0 Å². The van der Waals surface area contributed by atoms with Crippen LogP contribution in [0.3, 0.4) is 0 Å². The van der Waals surface area contributed by atoms with Gasteiger partial charge >= 0.3 is 7.60 Å². The Hall–Kier alpha value is -2.19. The summed E-state index contributed by atoms with van der Waals surface area (Å²) in [7, 11) is -3.69. The van der Waals surface area contributed by atoms with Gasteiger partial charge in [0.25, 0.3) is 5.56 Å². The second-order valence-corrected chi connectivity index (χ2v) is 11.2. The topological polar surface area (TPSA) is 187 Å². The van der Waals surface area contributed by atoms with Gasteiger partial charge in [-0.05, 0) is 27.7 Å². The lowest BCUT2D eigenvalue weighted by molar-refractivity contribution is -0.118. The summed E-state index contributed by atoms with van der Waals surface area (Å²) in [5, 5.41) is 23.4. The van der Waals surface area contributed by atoms with Crippen LogP contribution in [0, 0.1) is 5.92 Å². The molecular weight excluding hydrogens is 497 g/mol. The number of anilines is 1. The number of carbonyl (C=O) groups is 1. The van der Waals surface area contributed by atoms with Crippen LogP contribution in [0.2, 0.25) is 0 Å². The number of carbonyl (C=O) groups excluding carboxylic acids is 1. The molecule has 0 aromatic carbocycles. The first-order valence-electron chi connectivity index (χ1n) is 11.6. The third-order valence-corrected chi connectivity index (χ3v) is 7.08. The van der Waals surface area contributed by atoms with Crippen LogP contribution >= 0.6 is 7.60 Å². The molecule has 14 nitrogen and oxygen atoms in total. The molecule has 2 aromatic rings. The van der Waals surface area contributed by atoms with Gasteiger partial charge in [-0.3, -0.25) is 29.0 Å². The maximum atomic E-state index is 13.1. The molecule has 2 aromatic heterocycles. The van der Waals surface area contributed by atoms with Gasteiger partial charge < -0.3 is 28.7 Å². The molecule has 202 valence electrons. The predicted molar refractivity (Wildman–Crippen MR) is 128 cm³/mol. The number of rotatable bonds is 11. The molecule has 0 unspecified atom stereocenters. The zero-order valence-corrected chi connectivity index (χ0v) is 22.0. The highest BCUT2D eigenvalue weighted by Gasteiger charge is 2.47. The molecule has 1 fully saturated rings. The number of nitrogens with zero attached hydrogens (tertiary/aromatic N) is 3. The largest absolute Gasteiger partial charge is 0.394 e. The van der Waals surface area contributed by atoms with Crippen molar-refractivity contribution in [3.63, 3.8) is 0 Å². The van der Waals surface area contributed by atoms with E-state index in [4.69, 9.17) is 18.5 Å². The van der Waals surface area contributed by atoms with Gasteiger partial charge in [-0.2, -0.15) is 4.98 Å². The molecule has 1 amide bonds. The molecular formula is C21H34N5O9P. The lowest BCUT2D eigenvalue weighted by Crippen LogP contribution is -2.36. The van der Waals surface area contributed by atoms with Gasteiger partial charge in [0.1, 0.15) is 24.7 Å². The Morgan fingerprint density at radius 2 is 1.89 bits per heavy atom. The van der Waals surface area contributed by atoms with E-state index in [0.29, 0.717) is 0 Å². The SMILES string of the molecule is CC(C)OP(=O)(CO[C@H]1[C@@H](O)[C@H](n2cnc3c(=O)[nH]c(NC(=O)C(C)C)nc32)O[C@@H]1CO)OC(C)C. The van der Waals surface area contributed by atoms with E-state index < -0.39 is 62.9 Å². The first-order valence-corrected chi connectivity index (χ1v) is 13.4. The van der Waals surface area contributed by atoms with E-state index in [0.717, 1.165) is 0 Å². The molecule has 15 heteroatoms. The number of ether oxygens (including phenoxy) is 2. The standard InChI is InChI=1S/C21H34N5O9P/c1-10(2)18(29)24-21-23-17-14(19(30)25-21)22-8-26(17)20-15(28)16(13(7-27)33-20)32-9-36(31,34-11(3)4)35-12(5)6/h8,10-13,15-16,20,27-28H,7,9H2,1-6H3,(H2,23,24,25,29,30)/t13-,15-,16-,20-/m1/s1. The van der Waals surface area contributed by atoms with Crippen molar-refractivity contribution in [2.75, 3.05) is 18.3 Å². The van der Waals surface area contributed by atoms with E-state index in [1.54, 1.807) is 41.5 Å². The van der Waals surface area contributed by atoms with E-state index >= 15 is 0 Å². The van der Waals surface area contributed by atoms with Crippen molar-refractivity contribution in [1.29, 1.82) is 0 Å². The second kappa shape index (κ2) is 11.5. The van der Waals surface area contributed by atoms with Gasteiger partial charge in [-0.1, -0.05) is 13.8 Å². The highest BCUT2D eigenvalue weighted by atomic mass is 31.2. The van der Waals surface area contributed by atoms with Gasteiger partial charge in [0, 0.05) is 5.92 Å². The third kappa shape index (κ3) is 6.38. The van der Waals surface area contributed by atoms with Crippen LogP contribution in [-0.4, -0.2) is 79.1 Å². The minimum absolute atomic E-state index is 0.0381. The van der Waals surface area contributed by atoms with Crippen LogP contribution in [0.25, 0.3) is 11.2 Å². The molecule has 1 aliphatic heterocycles. The van der Waals surface area contributed by atoms with Crippen molar-refractivity contribution in [2.24, 2.45) is 5.92 Å². The van der Waals surface area contributed by atoms with Crippen molar-refractivity contribution < 1.29 is 38.1 Å². The fraction of sp³-hybridized carbons (Fsp3) is 0.714. The molecule has 1 saturated heterocycles. The fourth-order valence-electron chi connectivity index (χ4n) is 3.64. The quantitative estimate of drug-likeness (QED) is 0.307. The van der Waals surface area contributed by atoms with Gasteiger partial charge in [0.2, 0.25) is 11.9 Å². The van der Waals surface area contributed by atoms with Crippen molar-refractivity contribution in [2.45, 2.75) is 78.3 Å². The number of imidazole rings is 1. The summed E-state index contributed by atoms with van der Waals surface area (Å²) < 4.78 is 36.9. The average Bonchev–Trinajstić information content (AvgIpc) is 3.31. The minimum Gasteiger partial charge on any atom is -0.394 e. The number of fused-ring (bicyclic) bond motifs is 1. The lowest BCUT2D eigenvalue weighted by Gasteiger charge is -2.26. The number of aliphatic hydroxyl groups is 2. The van der Waals surface area contributed by atoms with Crippen molar-refractivity contribution in [1.82, 2.24) is 19.5 Å². The number of hydrogen-bond acceptors (Lipinski definition) is 11. The van der Waals surface area contributed by atoms with E-state index in [9.17, 15) is 24.4 Å². The highest BCUT2D eigenvalue weighted by molar-refractivity contribution is 7.53. The molecule has 0 radical (unpaired) electrons. The second-order valence-electron chi connectivity index (χ2n) is 9.30. The van der Waals surface area contributed by atoms with Gasteiger partial charge in [-0.25, -0.2) is 4.98 Å². The molecule has 36 heavy (non-hydrogen) atoms. The summed E-state index contributed by atoms with van der Waals surface area (Å²) in [6.07, 6.45) is -4.69. The van der Waals surface area contributed by atoms with Crippen molar-refractivity contribution >= 4 is 30.6 Å². The van der Waals surface area contributed by atoms with E-state index in [1.165, 1.54) is 10.9 Å². The summed E-state index contributed by atoms with van der Waals surface area (Å²) in [6.45, 7) is 9.66. The number of nitrogens with one attached hydrogen (secondary N) is 2. The maximum Gasteiger partial charge on any atom is 0.356 e. The Balaban J connectivity index is 1.87. The molecule has 0 aliphatic carbocycles. The van der Waals surface area contributed by atoms with Gasteiger partial charge in [0.05, 0.1) is 25.1 Å². The molecule has 0 bridgehead atoms. The maximum absolute atomic E-state index is 13.1. The molecule has 1 aliphatic rings. The highest BCUT2D eigenvalue weighted by Crippen LogP contribution is 2.51. The summed E-state index contributed by atoms with van der Waals surface area (Å²) in [5.41, 5.74) is -0.607. The number of aromatic amines is 1. The Labute approximate surface area is 207 Å². The van der Waals surface area contributed by atoms with Crippen LogP contribution in [0.4, 0.5) is 5.95 Å². The fourth-order valence-corrected chi connectivity index (χ4v) is 5.45. The summed E-state index contributed by atoms with van der Waals surface area (Å²) in [4.78, 5) is 35.3. The number of hydrogen-bond donors (Lipinski definition) is 4. The Kier molecular flexibility index (Phi) is 9.04.